The summed E-state index contributed by atoms with van der Waals surface area (Å²) in [5, 5.41) is 4.10. The molecule has 0 N–H and O–H groups in total. The normalized spacial score (nSPS) is 18.2. The van der Waals surface area contributed by atoms with E-state index in [4.69, 9.17) is 13.7 Å². The van der Waals surface area contributed by atoms with E-state index in [0.29, 0.717) is 18.3 Å². The number of aryl methyl sites for hydroxylation is 1. The van der Waals surface area contributed by atoms with Crippen molar-refractivity contribution in [2.75, 3.05) is 26.3 Å². The van der Waals surface area contributed by atoms with Gasteiger partial charge in [-0.1, -0.05) is 25.9 Å². The molecule has 1 fully saturated rings. The fourth-order valence-corrected chi connectivity index (χ4v) is 2.93. The highest BCUT2D eigenvalue weighted by atomic mass is 16.5. The summed E-state index contributed by atoms with van der Waals surface area (Å²) in [5.41, 5.74) is 1.20. The summed E-state index contributed by atoms with van der Waals surface area (Å²) in [4.78, 5) is 6.87. The van der Waals surface area contributed by atoms with Gasteiger partial charge in [-0.15, -0.1) is 0 Å². The van der Waals surface area contributed by atoms with Crippen LogP contribution < -0.4 is 0 Å². The van der Waals surface area contributed by atoms with Crippen molar-refractivity contribution in [1.29, 1.82) is 0 Å². The monoisotopic (exact) mass is 319 g/mol. The van der Waals surface area contributed by atoms with Crippen molar-refractivity contribution in [2.45, 2.75) is 46.1 Å². The standard InChI is InChI=1S/C17H25N3O3/c1-4-14-13(10-20(5-2)6-3)9-15(22-14)17-18-16(19-23-17)12-7-8-21-11-12/h9,12H,4-8,10-11H2,1-3H3/t12-/m1/s1. The van der Waals surface area contributed by atoms with Gasteiger partial charge < -0.3 is 13.7 Å². The second-order valence-electron chi connectivity index (χ2n) is 5.89. The van der Waals surface area contributed by atoms with Crippen LogP contribution in [0.25, 0.3) is 11.7 Å². The van der Waals surface area contributed by atoms with Crippen molar-refractivity contribution >= 4 is 0 Å². The molecule has 6 nitrogen and oxygen atoms in total. The fourth-order valence-electron chi connectivity index (χ4n) is 2.93. The van der Waals surface area contributed by atoms with Crippen molar-refractivity contribution in [3.8, 4) is 11.7 Å². The average molecular weight is 319 g/mol. The van der Waals surface area contributed by atoms with Crippen LogP contribution in [0.2, 0.25) is 0 Å². The Balaban J connectivity index is 1.81. The molecule has 0 bridgehead atoms. The maximum absolute atomic E-state index is 5.96. The zero-order valence-electron chi connectivity index (χ0n) is 14.2. The lowest BCUT2D eigenvalue weighted by atomic mass is 10.1. The first-order chi connectivity index (χ1) is 11.2. The van der Waals surface area contributed by atoms with Gasteiger partial charge in [0.05, 0.1) is 6.61 Å². The number of hydrogen-bond donors (Lipinski definition) is 0. The van der Waals surface area contributed by atoms with E-state index in [1.807, 2.05) is 6.07 Å². The number of aromatic nitrogens is 2. The molecule has 0 radical (unpaired) electrons. The van der Waals surface area contributed by atoms with E-state index < -0.39 is 0 Å². The van der Waals surface area contributed by atoms with Gasteiger partial charge in [0, 0.05) is 31.1 Å². The predicted octanol–water partition coefficient (Wildman–Crippen LogP) is 3.24. The van der Waals surface area contributed by atoms with Crippen LogP contribution in [0, 0.1) is 0 Å². The van der Waals surface area contributed by atoms with Gasteiger partial charge in [0.2, 0.25) is 0 Å². The Morgan fingerprint density at radius 3 is 2.74 bits per heavy atom. The Hall–Kier alpha value is -1.66. The van der Waals surface area contributed by atoms with Crippen LogP contribution in [0.1, 0.15) is 50.3 Å². The third-order valence-corrected chi connectivity index (χ3v) is 4.45. The van der Waals surface area contributed by atoms with E-state index >= 15 is 0 Å². The largest absolute Gasteiger partial charge is 0.456 e. The first-order valence-corrected chi connectivity index (χ1v) is 8.50. The molecular weight excluding hydrogens is 294 g/mol. The molecule has 2 aromatic rings. The van der Waals surface area contributed by atoms with Gasteiger partial charge in [0.25, 0.3) is 5.89 Å². The lowest BCUT2D eigenvalue weighted by Crippen LogP contribution is -2.22. The summed E-state index contributed by atoms with van der Waals surface area (Å²) in [6.45, 7) is 10.8. The number of furan rings is 1. The SMILES string of the molecule is CCc1oc(-c2nc([C@@H]3CCOC3)no2)cc1CN(CC)CC. The van der Waals surface area contributed by atoms with Crippen LogP contribution in [0.4, 0.5) is 0 Å². The van der Waals surface area contributed by atoms with Gasteiger partial charge in [-0.05, 0) is 25.6 Å². The Morgan fingerprint density at radius 1 is 1.26 bits per heavy atom. The van der Waals surface area contributed by atoms with Gasteiger partial charge >= 0.3 is 0 Å². The number of nitrogens with zero attached hydrogens (tertiary/aromatic N) is 3. The Bertz CT molecular complexity index is 625. The summed E-state index contributed by atoms with van der Waals surface area (Å²) >= 11 is 0. The van der Waals surface area contributed by atoms with Crippen LogP contribution in [-0.2, 0) is 17.7 Å². The maximum atomic E-state index is 5.96. The second-order valence-corrected chi connectivity index (χ2v) is 5.89. The van der Waals surface area contributed by atoms with E-state index in [1.54, 1.807) is 0 Å². The first kappa shape index (κ1) is 16.2. The zero-order valence-corrected chi connectivity index (χ0v) is 14.2. The van der Waals surface area contributed by atoms with Crippen LogP contribution in [0.15, 0.2) is 15.0 Å². The molecule has 0 aromatic carbocycles. The molecule has 1 aliphatic rings. The van der Waals surface area contributed by atoms with Gasteiger partial charge in [0.15, 0.2) is 11.6 Å². The van der Waals surface area contributed by atoms with Crippen LogP contribution in [0.3, 0.4) is 0 Å². The lowest BCUT2D eigenvalue weighted by molar-refractivity contribution is 0.192. The van der Waals surface area contributed by atoms with E-state index in [-0.39, 0.29) is 5.92 Å². The molecule has 2 aromatic heterocycles. The van der Waals surface area contributed by atoms with Crippen LogP contribution in [-0.4, -0.2) is 41.3 Å². The minimum absolute atomic E-state index is 0.239. The summed E-state index contributed by atoms with van der Waals surface area (Å²) < 4.78 is 16.8. The minimum atomic E-state index is 0.239. The van der Waals surface area contributed by atoms with Gasteiger partial charge in [-0.3, -0.25) is 4.90 Å². The highest BCUT2D eigenvalue weighted by Gasteiger charge is 2.25. The highest BCUT2D eigenvalue weighted by Crippen LogP contribution is 2.29. The number of ether oxygens (including phenoxy) is 1. The van der Waals surface area contributed by atoms with Crippen molar-refractivity contribution in [3.63, 3.8) is 0 Å². The molecular formula is C17H25N3O3. The third-order valence-electron chi connectivity index (χ3n) is 4.45. The molecule has 0 aliphatic carbocycles. The molecule has 1 saturated heterocycles. The third kappa shape index (κ3) is 3.48. The van der Waals surface area contributed by atoms with Crippen LogP contribution in [0.5, 0.6) is 0 Å². The van der Waals surface area contributed by atoms with Crippen molar-refractivity contribution in [1.82, 2.24) is 15.0 Å². The molecule has 1 atom stereocenters. The summed E-state index contributed by atoms with van der Waals surface area (Å²) in [5.74, 6) is 3.09. The molecule has 0 spiro atoms. The molecule has 23 heavy (non-hydrogen) atoms. The molecule has 0 unspecified atom stereocenters. The minimum Gasteiger partial charge on any atom is -0.456 e. The van der Waals surface area contributed by atoms with Crippen molar-refractivity contribution in [3.05, 3.63) is 23.2 Å². The zero-order chi connectivity index (χ0) is 16.2. The van der Waals surface area contributed by atoms with Gasteiger partial charge in [0.1, 0.15) is 5.76 Å². The topological polar surface area (TPSA) is 64.5 Å². The molecule has 0 amide bonds. The lowest BCUT2D eigenvalue weighted by Gasteiger charge is -2.17. The van der Waals surface area contributed by atoms with Crippen molar-refractivity contribution < 1.29 is 13.7 Å². The van der Waals surface area contributed by atoms with Crippen molar-refractivity contribution in [2.24, 2.45) is 0 Å². The highest BCUT2D eigenvalue weighted by molar-refractivity contribution is 5.47. The summed E-state index contributed by atoms with van der Waals surface area (Å²) in [6, 6.07) is 2.04. The van der Waals surface area contributed by atoms with E-state index in [9.17, 15) is 0 Å². The Morgan fingerprint density at radius 2 is 2.09 bits per heavy atom. The number of rotatable bonds is 7. The molecule has 3 rings (SSSR count). The average Bonchev–Trinajstić information content (AvgIpc) is 3.31. The van der Waals surface area contributed by atoms with E-state index in [2.05, 4.69) is 35.8 Å². The first-order valence-electron chi connectivity index (χ1n) is 8.50. The van der Waals surface area contributed by atoms with E-state index in [1.165, 1.54) is 5.56 Å². The molecule has 3 heterocycles. The molecule has 6 heteroatoms. The maximum Gasteiger partial charge on any atom is 0.293 e. The molecule has 126 valence electrons. The predicted molar refractivity (Wildman–Crippen MR) is 86.2 cm³/mol. The van der Waals surface area contributed by atoms with Gasteiger partial charge in [-0.2, -0.15) is 4.98 Å². The molecule has 1 aliphatic heterocycles. The molecule has 0 saturated carbocycles. The van der Waals surface area contributed by atoms with E-state index in [0.717, 1.165) is 50.7 Å². The van der Waals surface area contributed by atoms with Gasteiger partial charge in [-0.25, -0.2) is 0 Å². The fraction of sp³-hybridized carbons (Fsp3) is 0.647. The second kappa shape index (κ2) is 7.27. The Labute approximate surface area is 136 Å². The summed E-state index contributed by atoms with van der Waals surface area (Å²) in [7, 11) is 0. The summed E-state index contributed by atoms with van der Waals surface area (Å²) in [6.07, 6.45) is 1.80. The Kier molecular flexibility index (Phi) is 5.13. The number of hydrogen-bond acceptors (Lipinski definition) is 6. The van der Waals surface area contributed by atoms with Crippen LogP contribution >= 0.6 is 0 Å². The quantitative estimate of drug-likeness (QED) is 0.780. The smallest absolute Gasteiger partial charge is 0.293 e.